The summed E-state index contributed by atoms with van der Waals surface area (Å²) in [7, 11) is 1.82. The lowest BCUT2D eigenvalue weighted by atomic mass is 10.1. The van der Waals surface area contributed by atoms with Gasteiger partial charge in [0.15, 0.2) is 5.82 Å². The van der Waals surface area contributed by atoms with Crippen LogP contribution in [0.5, 0.6) is 0 Å². The molecule has 0 bridgehead atoms. The molecule has 0 aliphatic carbocycles. The molecule has 0 aliphatic rings. The minimum Gasteiger partial charge on any atom is -0.306 e. The van der Waals surface area contributed by atoms with E-state index in [1.807, 2.05) is 40.0 Å². The van der Waals surface area contributed by atoms with Gasteiger partial charge in [-0.3, -0.25) is 10.00 Å². The summed E-state index contributed by atoms with van der Waals surface area (Å²) in [4.78, 5) is 12.0. The molecule has 0 spiro atoms. The number of halogens is 1. The summed E-state index contributed by atoms with van der Waals surface area (Å²) in [6, 6.07) is 5.21. The Balaban J connectivity index is 2.12. The summed E-state index contributed by atoms with van der Waals surface area (Å²) in [6.45, 7) is 5.77. The molecule has 0 aliphatic heterocycles. The lowest BCUT2D eigenvalue weighted by molar-refractivity contribution is 0.262. The van der Waals surface area contributed by atoms with Crippen molar-refractivity contribution in [2.24, 2.45) is 7.05 Å². The maximum atomic E-state index is 12.0. The SMILES string of the molecule is Cc1cc(C)c(NC(=O)Nc2cc(C)n(C)n2)c(Cl)c1. The first-order valence-corrected chi connectivity index (χ1v) is 6.60. The van der Waals surface area contributed by atoms with Gasteiger partial charge in [0.05, 0.1) is 10.7 Å². The highest BCUT2D eigenvalue weighted by atomic mass is 35.5. The monoisotopic (exact) mass is 292 g/mol. The highest BCUT2D eigenvalue weighted by molar-refractivity contribution is 6.34. The van der Waals surface area contributed by atoms with Crippen molar-refractivity contribution in [3.8, 4) is 0 Å². The van der Waals surface area contributed by atoms with Crippen LogP contribution < -0.4 is 10.6 Å². The molecule has 0 radical (unpaired) electrons. The van der Waals surface area contributed by atoms with Crippen LogP contribution in [0, 0.1) is 20.8 Å². The van der Waals surface area contributed by atoms with E-state index in [0.717, 1.165) is 16.8 Å². The molecule has 6 heteroatoms. The summed E-state index contributed by atoms with van der Waals surface area (Å²) in [6.07, 6.45) is 0. The van der Waals surface area contributed by atoms with Crippen molar-refractivity contribution >= 4 is 29.1 Å². The highest BCUT2D eigenvalue weighted by Crippen LogP contribution is 2.27. The maximum Gasteiger partial charge on any atom is 0.324 e. The zero-order valence-electron chi connectivity index (χ0n) is 11.9. The molecule has 0 saturated carbocycles. The second-order valence-corrected chi connectivity index (χ2v) is 5.22. The summed E-state index contributed by atoms with van der Waals surface area (Å²) in [5.74, 6) is 0.503. The number of carbonyl (C=O) groups excluding carboxylic acids is 1. The smallest absolute Gasteiger partial charge is 0.306 e. The summed E-state index contributed by atoms with van der Waals surface area (Å²) in [5, 5.41) is 10.1. The van der Waals surface area contributed by atoms with E-state index in [0.29, 0.717) is 16.5 Å². The van der Waals surface area contributed by atoms with Crippen molar-refractivity contribution in [1.82, 2.24) is 9.78 Å². The van der Waals surface area contributed by atoms with E-state index in [1.165, 1.54) is 0 Å². The predicted molar refractivity (Wildman–Crippen MR) is 81.5 cm³/mol. The molecular weight excluding hydrogens is 276 g/mol. The lowest BCUT2D eigenvalue weighted by Gasteiger charge is -2.11. The Bertz CT molecular complexity index is 621. The first kappa shape index (κ1) is 14.4. The minimum atomic E-state index is -0.364. The third-order valence-corrected chi connectivity index (χ3v) is 3.32. The number of hydrogen-bond acceptors (Lipinski definition) is 2. The van der Waals surface area contributed by atoms with E-state index in [1.54, 1.807) is 10.7 Å². The number of benzene rings is 1. The molecule has 1 aromatic heterocycles. The number of anilines is 2. The Morgan fingerprint density at radius 2 is 1.90 bits per heavy atom. The Hall–Kier alpha value is -2.01. The van der Waals surface area contributed by atoms with Gasteiger partial charge >= 0.3 is 6.03 Å². The largest absolute Gasteiger partial charge is 0.324 e. The molecule has 20 heavy (non-hydrogen) atoms. The molecule has 0 atom stereocenters. The molecule has 1 aromatic carbocycles. The number of aryl methyl sites for hydroxylation is 4. The fourth-order valence-electron chi connectivity index (χ4n) is 1.96. The molecule has 106 valence electrons. The second-order valence-electron chi connectivity index (χ2n) is 4.81. The molecular formula is C14H17ClN4O. The van der Waals surface area contributed by atoms with E-state index >= 15 is 0 Å². The topological polar surface area (TPSA) is 59.0 Å². The highest BCUT2D eigenvalue weighted by Gasteiger charge is 2.11. The second kappa shape index (κ2) is 5.54. The molecule has 0 fully saturated rings. The average molecular weight is 293 g/mol. The third-order valence-electron chi connectivity index (χ3n) is 3.03. The number of carbonyl (C=O) groups is 1. The van der Waals surface area contributed by atoms with Crippen molar-refractivity contribution in [3.05, 3.63) is 40.0 Å². The first-order valence-electron chi connectivity index (χ1n) is 6.22. The first-order chi connectivity index (χ1) is 9.36. The van der Waals surface area contributed by atoms with Gasteiger partial charge in [-0.2, -0.15) is 5.10 Å². The molecule has 5 nitrogen and oxygen atoms in total. The molecule has 2 rings (SSSR count). The average Bonchev–Trinajstić information content (AvgIpc) is 2.63. The summed E-state index contributed by atoms with van der Waals surface area (Å²) < 4.78 is 1.69. The van der Waals surface area contributed by atoms with Crippen LogP contribution in [0.25, 0.3) is 0 Å². The number of rotatable bonds is 2. The van der Waals surface area contributed by atoms with Crippen molar-refractivity contribution in [3.63, 3.8) is 0 Å². The minimum absolute atomic E-state index is 0.364. The van der Waals surface area contributed by atoms with Gasteiger partial charge in [0.25, 0.3) is 0 Å². The van der Waals surface area contributed by atoms with E-state index < -0.39 is 0 Å². The van der Waals surface area contributed by atoms with E-state index in [9.17, 15) is 4.79 Å². The van der Waals surface area contributed by atoms with Crippen LogP contribution in [0.15, 0.2) is 18.2 Å². The van der Waals surface area contributed by atoms with Crippen LogP contribution in [0.2, 0.25) is 5.02 Å². The fraction of sp³-hybridized carbons (Fsp3) is 0.286. The van der Waals surface area contributed by atoms with Crippen LogP contribution in [0.1, 0.15) is 16.8 Å². The van der Waals surface area contributed by atoms with E-state index in [4.69, 9.17) is 11.6 Å². The van der Waals surface area contributed by atoms with Crippen LogP contribution in [-0.4, -0.2) is 15.8 Å². The van der Waals surface area contributed by atoms with Gasteiger partial charge in [-0.1, -0.05) is 17.7 Å². The van der Waals surface area contributed by atoms with Crippen LogP contribution in [0.3, 0.4) is 0 Å². The quantitative estimate of drug-likeness (QED) is 0.888. The molecule has 0 saturated heterocycles. The number of nitrogens with zero attached hydrogens (tertiary/aromatic N) is 2. The fourth-order valence-corrected chi connectivity index (χ4v) is 2.33. The Labute approximate surface area is 122 Å². The summed E-state index contributed by atoms with van der Waals surface area (Å²) in [5.41, 5.74) is 3.55. The van der Waals surface area contributed by atoms with Gasteiger partial charge in [-0.15, -0.1) is 0 Å². The lowest BCUT2D eigenvalue weighted by Crippen LogP contribution is -2.20. The Kier molecular flexibility index (Phi) is 3.99. The normalized spacial score (nSPS) is 10.4. The molecule has 2 N–H and O–H groups in total. The van der Waals surface area contributed by atoms with Crippen LogP contribution in [0.4, 0.5) is 16.3 Å². The molecule has 2 amide bonds. The zero-order valence-corrected chi connectivity index (χ0v) is 12.7. The van der Waals surface area contributed by atoms with Crippen molar-refractivity contribution in [1.29, 1.82) is 0 Å². The number of hydrogen-bond donors (Lipinski definition) is 2. The van der Waals surface area contributed by atoms with Crippen molar-refractivity contribution < 1.29 is 4.79 Å². The molecule has 0 unspecified atom stereocenters. The van der Waals surface area contributed by atoms with Gasteiger partial charge in [0, 0.05) is 18.8 Å². The van der Waals surface area contributed by atoms with E-state index in [-0.39, 0.29) is 6.03 Å². The van der Waals surface area contributed by atoms with Gasteiger partial charge in [-0.05, 0) is 38.0 Å². The van der Waals surface area contributed by atoms with E-state index in [2.05, 4.69) is 15.7 Å². The zero-order chi connectivity index (χ0) is 14.9. The number of aromatic nitrogens is 2. The number of amides is 2. The predicted octanol–water partition coefficient (Wildman–Crippen LogP) is 3.64. The number of nitrogens with one attached hydrogen (secondary N) is 2. The van der Waals surface area contributed by atoms with Gasteiger partial charge in [-0.25, -0.2) is 4.79 Å². The Morgan fingerprint density at radius 3 is 2.45 bits per heavy atom. The van der Waals surface area contributed by atoms with Crippen molar-refractivity contribution in [2.75, 3.05) is 10.6 Å². The summed E-state index contributed by atoms with van der Waals surface area (Å²) >= 11 is 6.15. The third kappa shape index (κ3) is 3.11. The van der Waals surface area contributed by atoms with Gasteiger partial charge in [0.1, 0.15) is 0 Å². The number of urea groups is 1. The van der Waals surface area contributed by atoms with Crippen LogP contribution >= 0.6 is 11.6 Å². The van der Waals surface area contributed by atoms with Gasteiger partial charge in [0.2, 0.25) is 0 Å². The molecule has 2 aromatic rings. The standard InChI is InChI=1S/C14H17ClN4O/c1-8-5-9(2)13(11(15)6-8)17-14(20)16-12-7-10(3)19(4)18-12/h5-7H,1-4H3,(H2,16,17,18,20). The van der Waals surface area contributed by atoms with Gasteiger partial charge < -0.3 is 5.32 Å². The molecule has 1 heterocycles. The van der Waals surface area contributed by atoms with Crippen molar-refractivity contribution in [2.45, 2.75) is 20.8 Å². The maximum absolute atomic E-state index is 12.0. The van der Waals surface area contributed by atoms with Crippen LogP contribution in [-0.2, 0) is 7.05 Å². The Morgan fingerprint density at radius 1 is 1.20 bits per heavy atom.